The summed E-state index contributed by atoms with van der Waals surface area (Å²) in [6.45, 7) is -0.201. The molecule has 2 aliphatic rings. The Morgan fingerprint density at radius 3 is 2.34 bits per heavy atom. The number of hydrogen-bond donors (Lipinski definition) is 6. The number of carbonyl (C=O) groups excluding carboxylic acids is 3. The maximum Gasteiger partial charge on any atom is 0.302 e. The lowest BCUT2D eigenvalue weighted by molar-refractivity contribution is -0.278. The zero-order chi connectivity index (χ0) is 25.6. The van der Waals surface area contributed by atoms with Gasteiger partial charge in [0.15, 0.2) is 11.6 Å². The third-order valence-corrected chi connectivity index (χ3v) is 5.85. The second kappa shape index (κ2) is 9.24. The van der Waals surface area contributed by atoms with E-state index in [1.54, 1.807) is 0 Å². The lowest BCUT2D eigenvalue weighted by Gasteiger charge is -2.40. The molecule has 35 heavy (non-hydrogen) atoms. The van der Waals surface area contributed by atoms with Gasteiger partial charge in [-0.15, -0.1) is 0 Å². The van der Waals surface area contributed by atoms with Gasteiger partial charge in [0.2, 0.25) is 6.29 Å². The standard InChI is InChI=1S/C23H22O12/c1-8(25)33-7-15-20(30)21(31)22(32)23(35-15)34-14-5-12-16(19(29)13(14)6-24)18(28)10-3-2-9(26)4-11(10)17(12)27/h2-5,15,20-24,26,29-32H,6-7H2,1H3. The second-order valence-electron chi connectivity index (χ2n) is 8.11. The van der Waals surface area contributed by atoms with Crippen LogP contribution in [0.3, 0.4) is 0 Å². The minimum absolute atomic E-state index is 0.0513. The van der Waals surface area contributed by atoms with Gasteiger partial charge in [0.1, 0.15) is 48.3 Å². The van der Waals surface area contributed by atoms with Gasteiger partial charge in [-0.2, -0.15) is 0 Å². The van der Waals surface area contributed by atoms with Crippen molar-refractivity contribution in [1.82, 2.24) is 0 Å². The molecule has 1 fully saturated rings. The highest BCUT2D eigenvalue weighted by Crippen LogP contribution is 2.41. The number of carbonyl (C=O) groups is 3. The Hall–Kier alpha value is -3.55. The van der Waals surface area contributed by atoms with E-state index in [0.29, 0.717) is 0 Å². The van der Waals surface area contributed by atoms with Crippen LogP contribution in [0.4, 0.5) is 0 Å². The number of aliphatic hydroxyl groups excluding tert-OH is 4. The van der Waals surface area contributed by atoms with Crippen LogP contribution in [0.1, 0.15) is 44.3 Å². The molecule has 12 nitrogen and oxygen atoms in total. The predicted molar refractivity (Wildman–Crippen MR) is 113 cm³/mol. The molecule has 1 saturated heterocycles. The first-order valence-electron chi connectivity index (χ1n) is 10.5. The molecule has 186 valence electrons. The highest BCUT2D eigenvalue weighted by atomic mass is 16.7. The van der Waals surface area contributed by atoms with E-state index in [0.717, 1.165) is 19.1 Å². The first kappa shape index (κ1) is 24.6. The van der Waals surface area contributed by atoms with Crippen LogP contribution in [0.5, 0.6) is 17.2 Å². The molecule has 12 heteroatoms. The number of rotatable bonds is 5. The maximum atomic E-state index is 13.1. The van der Waals surface area contributed by atoms with Crippen LogP contribution in [0, 0.1) is 0 Å². The van der Waals surface area contributed by atoms with Crippen molar-refractivity contribution in [3.8, 4) is 17.2 Å². The summed E-state index contributed by atoms with van der Waals surface area (Å²) in [6.07, 6.45) is -8.23. The largest absolute Gasteiger partial charge is 0.508 e. The molecular formula is C23H22O12. The highest BCUT2D eigenvalue weighted by molar-refractivity contribution is 6.29. The normalized spacial score (nSPS) is 25.6. The van der Waals surface area contributed by atoms with Gasteiger partial charge in [-0.25, -0.2) is 0 Å². The number of aromatic hydroxyl groups is 2. The molecule has 0 spiro atoms. The average molecular weight is 490 g/mol. The van der Waals surface area contributed by atoms with Crippen LogP contribution < -0.4 is 4.74 Å². The average Bonchev–Trinajstić information content (AvgIpc) is 2.81. The Kier molecular flexibility index (Phi) is 6.49. The quantitative estimate of drug-likeness (QED) is 0.242. The van der Waals surface area contributed by atoms with E-state index in [1.807, 2.05) is 0 Å². The lowest BCUT2D eigenvalue weighted by Crippen LogP contribution is -2.60. The zero-order valence-corrected chi connectivity index (χ0v) is 18.2. The number of fused-ring (bicyclic) bond motifs is 2. The van der Waals surface area contributed by atoms with Crippen molar-refractivity contribution < 1.29 is 59.2 Å². The summed E-state index contributed by atoms with van der Waals surface area (Å²) in [6, 6.07) is 4.60. The van der Waals surface area contributed by atoms with E-state index in [2.05, 4.69) is 0 Å². The minimum Gasteiger partial charge on any atom is -0.508 e. The zero-order valence-electron chi connectivity index (χ0n) is 18.2. The summed E-state index contributed by atoms with van der Waals surface area (Å²) in [5.74, 6) is -3.47. The number of aliphatic hydroxyl groups is 4. The van der Waals surface area contributed by atoms with E-state index >= 15 is 0 Å². The van der Waals surface area contributed by atoms with E-state index in [1.165, 1.54) is 12.1 Å². The number of esters is 1. The highest BCUT2D eigenvalue weighted by Gasteiger charge is 2.46. The van der Waals surface area contributed by atoms with E-state index in [4.69, 9.17) is 14.2 Å². The number of hydrogen-bond acceptors (Lipinski definition) is 12. The van der Waals surface area contributed by atoms with Gasteiger partial charge < -0.3 is 44.8 Å². The molecule has 0 saturated carbocycles. The smallest absolute Gasteiger partial charge is 0.302 e. The fourth-order valence-corrected chi connectivity index (χ4v) is 4.03. The van der Waals surface area contributed by atoms with Crippen molar-refractivity contribution in [3.05, 3.63) is 52.1 Å². The van der Waals surface area contributed by atoms with Crippen LogP contribution in [0.25, 0.3) is 0 Å². The molecule has 0 bridgehead atoms. The van der Waals surface area contributed by atoms with Gasteiger partial charge in [0.25, 0.3) is 0 Å². The van der Waals surface area contributed by atoms with Gasteiger partial charge in [0, 0.05) is 23.6 Å². The Balaban J connectivity index is 1.72. The van der Waals surface area contributed by atoms with Crippen LogP contribution in [-0.2, 0) is 20.9 Å². The van der Waals surface area contributed by atoms with Gasteiger partial charge in [-0.3, -0.25) is 14.4 Å². The Bertz CT molecular complexity index is 1210. The summed E-state index contributed by atoms with van der Waals surface area (Å²) >= 11 is 0. The van der Waals surface area contributed by atoms with Crippen molar-refractivity contribution in [2.75, 3.05) is 6.61 Å². The van der Waals surface area contributed by atoms with Gasteiger partial charge in [-0.1, -0.05) is 0 Å². The number of benzene rings is 2. The first-order chi connectivity index (χ1) is 16.5. The van der Waals surface area contributed by atoms with Crippen molar-refractivity contribution in [3.63, 3.8) is 0 Å². The molecule has 6 N–H and O–H groups in total. The summed E-state index contributed by atoms with van der Waals surface area (Å²) < 4.78 is 15.8. The summed E-state index contributed by atoms with van der Waals surface area (Å²) in [5.41, 5.74) is -1.14. The number of phenolic OH excluding ortho intramolecular Hbond substituents is 1. The van der Waals surface area contributed by atoms with E-state index < -0.39 is 67.2 Å². The monoisotopic (exact) mass is 490 g/mol. The third kappa shape index (κ3) is 4.22. The fourth-order valence-electron chi connectivity index (χ4n) is 4.03. The molecular weight excluding hydrogens is 468 g/mol. The molecule has 2 aromatic rings. The molecule has 0 aromatic heterocycles. The number of ether oxygens (including phenoxy) is 3. The van der Waals surface area contributed by atoms with Crippen molar-refractivity contribution in [2.45, 2.75) is 44.2 Å². The first-order valence-corrected chi connectivity index (χ1v) is 10.5. The van der Waals surface area contributed by atoms with Crippen molar-refractivity contribution in [2.24, 2.45) is 0 Å². The van der Waals surface area contributed by atoms with Gasteiger partial charge in [0.05, 0.1) is 17.7 Å². The predicted octanol–water partition coefficient (Wildman–Crippen LogP) is -0.885. The third-order valence-electron chi connectivity index (χ3n) is 5.85. The molecule has 1 aliphatic carbocycles. The van der Waals surface area contributed by atoms with Crippen LogP contribution in [0.2, 0.25) is 0 Å². The molecule has 5 atom stereocenters. The van der Waals surface area contributed by atoms with Crippen molar-refractivity contribution in [1.29, 1.82) is 0 Å². The fraction of sp³-hybridized carbons (Fsp3) is 0.348. The minimum atomic E-state index is -1.82. The van der Waals surface area contributed by atoms with Crippen LogP contribution in [-0.4, -0.2) is 85.5 Å². The number of ketones is 2. The molecule has 0 amide bonds. The summed E-state index contributed by atoms with van der Waals surface area (Å²) in [4.78, 5) is 37.1. The molecule has 0 radical (unpaired) electrons. The number of phenols is 2. The molecule has 4 rings (SSSR count). The topological polar surface area (TPSA) is 200 Å². The van der Waals surface area contributed by atoms with Crippen LogP contribution in [0.15, 0.2) is 24.3 Å². The van der Waals surface area contributed by atoms with Crippen LogP contribution >= 0.6 is 0 Å². The van der Waals surface area contributed by atoms with Gasteiger partial charge in [-0.05, 0) is 24.3 Å². The SMILES string of the molecule is CC(=O)OCC1OC(Oc2cc3c(c(O)c2CO)C(=O)c2ccc(O)cc2C3=O)C(O)C(O)C1O. The summed E-state index contributed by atoms with van der Waals surface area (Å²) in [5, 5.41) is 61.0. The second-order valence-corrected chi connectivity index (χ2v) is 8.11. The molecule has 2 aromatic carbocycles. The Morgan fingerprint density at radius 1 is 0.971 bits per heavy atom. The Labute approximate surface area is 197 Å². The summed E-state index contributed by atoms with van der Waals surface area (Å²) in [7, 11) is 0. The lowest BCUT2D eigenvalue weighted by atomic mass is 9.82. The molecule has 1 aliphatic heterocycles. The molecule has 1 heterocycles. The van der Waals surface area contributed by atoms with E-state index in [-0.39, 0.29) is 39.3 Å². The Morgan fingerprint density at radius 2 is 1.69 bits per heavy atom. The van der Waals surface area contributed by atoms with E-state index in [9.17, 15) is 45.0 Å². The maximum absolute atomic E-state index is 13.1. The van der Waals surface area contributed by atoms with Crippen molar-refractivity contribution >= 4 is 17.5 Å². The molecule has 5 unspecified atom stereocenters. The van der Waals surface area contributed by atoms with Gasteiger partial charge >= 0.3 is 5.97 Å².